The molecule has 0 radical (unpaired) electrons. The summed E-state index contributed by atoms with van der Waals surface area (Å²) in [6, 6.07) is 10.4. The molecule has 2 atom stereocenters. The summed E-state index contributed by atoms with van der Waals surface area (Å²) in [5, 5.41) is 0. The van der Waals surface area contributed by atoms with Crippen LogP contribution in [0.1, 0.15) is 18.9 Å². The first-order chi connectivity index (χ1) is 8.68. The highest BCUT2D eigenvalue weighted by molar-refractivity contribution is 8.00. The van der Waals surface area contributed by atoms with Crippen molar-refractivity contribution in [3.05, 3.63) is 48.0 Å². The summed E-state index contributed by atoms with van der Waals surface area (Å²) in [5.41, 5.74) is 2.22. The van der Waals surface area contributed by atoms with E-state index in [-0.39, 0.29) is 16.7 Å². The molecule has 3 heteroatoms. The van der Waals surface area contributed by atoms with Crippen molar-refractivity contribution in [2.45, 2.75) is 18.2 Å². The van der Waals surface area contributed by atoms with Crippen molar-refractivity contribution in [1.29, 1.82) is 0 Å². The maximum absolute atomic E-state index is 12.3. The van der Waals surface area contributed by atoms with Gasteiger partial charge in [-0.05, 0) is 24.7 Å². The van der Waals surface area contributed by atoms with Gasteiger partial charge in [-0.15, -0.1) is 11.8 Å². The van der Waals surface area contributed by atoms with E-state index in [0.717, 1.165) is 24.3 Å². The fourth-order valence-electron chi connectivity index (χ4n) is 3.09. The summed E-state index contributed by atoms with van der Waals surface area (Å²) < 4.78 is 0. The normalized spacial score (nSPS) is 30.6. The molecule has 0 saturated carbocycles. The summed E-state index contributed by atoms with van der Waals surface area (Å²) in [6.45, 7) is 6.88. The monoisotopic (exact) mass is 259 g/mol. The van der Waals surface area contributed by atoms with Crippen LogP contribution in [0.3, 0.4) is 0 Å². The Hall–Kier alpha value is -1.22. The number of fused-ring (bicyclic) bond motifs is 1. The van der Waals surface area contributed by atoms with Gasteiger partial charge in [-0.1, -0.05) is 42.5 Å². The average Bonchev–Trinajstić information content (AvgIpc) is 2.38. The van der Waals surface area contributed by atoms with Crippen molar-refractivity contribution in [3.8, 4) is 0 Å². The molecule has 0 unspecified atom stereocenters. The Labute approximate surface area is 112 Å². The Balaban J connectivity index is 2.09. The van der Waals surface area contributed by atoms with Crippen LogP contribution in [0.2, 0.25) is 0 Å². The zero-order valence-corrected chi connectivity index (χ0v) is 11.4. The predicted octanol–water partition coefficient (Wildman–Crippen LogP) is 3.01. The molecule has 0 spiro atoms. The molecule has 2 aliphatic rings. The Bertz CT molecular complexity index is 498. The number of β-lactam (4-membered cyclic amide) rings is 1. The van der Waals surface area contributed by atoms with Gasteiger partial charge in [0.2, 0.25) is 5.91 Å². The lowest BCUT2D eigenvalue weighted by molar-refractivity contribution is -0.158. The van der Waals surface area contributed by atoms with E-state index < -0.39 is 0 Å². The number of benzene rings is 1. The molecular weight excluding hydrogens is 242 g/mol. The second-order valence-corrected chi connectivity index (χ2v) is 6.35. The van der Waals surface area contributed by atoms with Crippen LogP contribution in [0.4, 0.5) is 0 Å². The number of amides is 1. The van der Waals surface area contributed by atoms with Crippen molar-refractivity contribution in [3.63, 3.8) is 0 Å². The van der Waals surface area contributed by atoms with Gasteiger partial charge in [0.25, 0.3) is 0 Å². The molecule has 1 amide bonds. The second-order valence-electron chi connectivity index (χ2n) is 5.03. The van der Waals surface area contributed by atoms with E-state index >= 15 is 0 Å². The van der Waals surface area contributed by atoms with Gasteiger partial charge in [-0.3, -0.25) is 4.79 Å². The molecule has 2 saturated heterocycles. The lowest BCUT2D eigenvalue weighted by atomic mass is 9.77. The third-order valence-corrected chi connectivity index (χ3v) is 5.46. The second kappa shape index (κ2) is 4.16. The summed E-state index contributed by atoms with van der Waals surface area (Å²) in [7, 11) is 0. The van der Waals surface area contributed by atoms with Crippen LogP contribution in [-0.2, 0) is 9.67 Å². The third-order valence-electron chi connectivity index (χ3n) is 3.83. The molecule has 18 heavy (non-hydrogen) atoms. The van der Waals surface area contributed by atoms with Gasteiger partial charge in [0.05, 0.1) is 5.92 Å². The van der Waals surface area contributed by atoms with E-state index in [1.807, 2.05) is 29.7 Å². The molecule has 2 nitrogen and oxygen atoms in total. The molecule has 1 aromatic rings. The van der Waals surface area contributed by atoms with E-state index in [2.05, 4.69) is 30.8 Å². The van der Waals surface area contributed by atoms with Crippen LogP contribution in [0.15, 0.2) is 42.5 Å². The van der Waals surface area contributed by atoms with Crippen LogP contribution >= 0.6 is 11.8 Å². The summed E-state index contributed by atoms with van der Waals surface area (Å²) in [4.78, 5) is 14.1. The lowest BCUT2D eigenvalue weighted by Crippen LogP contribution is -2.68. The highest BCUT2D eigenvalue weighted by Gasteiger charge is 2.62. The fraction of sp³-hybridized carbons (Fsp3) is 0.400. The Morgan fingerprint density at radius 2 is 2.17 bits per heavy atom. The minimum Gasteiger partial charge on any atom is -0.322 e. The van der Waals surface area contributed by atoms with Gasteiger partial charge < -0.3 is 4.90 Å². The van der Waals surface area contributed by atoms with E-state index in [9.17, 15) is 4.79 Å². The van der Waals surface area contributed by atoms with Crippen molar-refractivity contribution >= 4 is 17.7 Å². The molecule has 3 rings (SSSR count). The third kappa shape index (κ3) is 1.40. The molecule has 0 N–H and O–H groups in total. The SMILES string of the molecule is C=C(C)[C@@H]1C(=O)N2CCCS[C@@]12c1ccccc1. The first-order valence-corrected chi connectivity index (χ1v) is 7.33. The maximum Gasteiger partial charge on any atom is 0.234 e. The number of hydrogen-bond acceptors (Lipinski definition) is 2. The van der Waals surface area contributed by atoms with E-state index in [1.54, 1.807) is 0 Å². The van der Waals surface area contributed by atoms with Gasteiger partial charge in [0, 0.05) is 6.54 Å². The minimum absolute atomic E-state index is 0.0507. The zero-order chi connectivity index (χ0) is 12.8. The van der Waals surface area contributed by atoms with Crippen LogP contribution in [0.25, 0.3) is 0 Å². The quantitative estimate of drug-likeness (QED) is 0.601. The van der Waals surface area contributed by atoms with Gasteiger partial charge in [-0.2, -0.15) is 0 Å². The van der Waals surface area contributed by atoms with E-state index in [0.29, 0.717) is 0 Å². The molecule has 0 aliphatic carbocycles. The Kier molecular flexibility index (Phi) is 2.74. The number of thioether (sulfide) groups is 1. The van der Waals surface area contributed by atoms with Crippen molar-refractivity contribution < 1.29 is 4.79 Å². The smallest absolute Gasteiger partial charge is 0.234 e. The Morgan fingerprint density at radius 3 is 2.83 bits per heavy atom. The van der Waals surface area contributed by atoms with Crippen molar-refractivity contribution in [2.24, 2.45) is 5.92 Å². The molecule has 1 aromatic carbocycles. The summed E-state index contributed by atoms with van der Waals surface area (Å²) >= 11 is 1.90. The first kappa shape index (κ1) is 11.8. The van der Waals surface area contributed by atoms with E-state index in [4.69, 9.17) is 0 Å². The number of carbonyl (C=O) groups excluding carboxylic acids is 1. The number of nitrogens with zero attached hydrogens (tertiary/aromatic N) is 1. The van der Waals surface area contributed by atoms with Gasteiger partial charge >= 0.3 is 0 Å². The topological polar surface area (TPSA) is 20.3 Å². The first-order valence-electron chi connectivity index (χ1n) is 6.34. The highest BCUT2D eigenvalue weighted by Crippen LogP contribution is 2.58. The minimum atomic E-state index is -0.178. The summed E-state index contributed by atoms with van der Waals surface area (Å²) in [5.74, 6) is 1.31. The maximum atomic E-state index is 12.3. The highest BCUT2D eigenvalue weighted by atomic mass is 32.2. The number of rotatable bonds is 2. The molecule has 94 valence electrons. The number of hydrogen-bond donors (Lipinski definition) is 0. The van der Waals surface area contributed by atoms with Crippen LogP contribution in [0, 0.1) is 5.92 Å². The predicted molar refractivity (Wildman–Crippen MR) is 75.2 cm³/mol. The van der Waals surface area contributed by atoms with Gasteiger partial charge in [0.15, 0.2) is 0 Å². The Morgan fingerprint density at radius 1 is 1.44 bits per heavy atom. The van der Waals surface area contributed by atoms with Crippen molar-refractivity contribution in [2.75, 3.05) is 12.3 Å². The number of carbonyl (C=O) groups is 1. The van der Waals surface area contributed by atoms with Crippen LogP contribution < -0.4 is 0 Å². The van der Waals surface area contributed by atoms with Crippen molar-refractivity contribution in [1.82, 2.24) is 4.90 Å². The van der Waals surface area contributed by atoms with E-state index in [1.165, 1.54) is 5.56 Å². The van der Waals surface area contributed by atoms with Gasteiger partial charge in [-0.25, -0.2) is 0 Å². The fourth-order valence-corrected chi connectivity index (χ4v) is 4.79. The largest absolute Gasteiger partial charge is 0.322 e. The molecule has 0 aromatic heterocycles. The zero-order valence-electron chi connectivity index (χ0n) is 10.6. The molecule has 2 aliphatic heterocycles. The van der Waals surface area contributed by atoms with Gasteiger partial charge in [0.1, 0.15) is 4.87 Å². The molecular formula is C15H17NOS. The van der Waals surface area contributed by atoms with Crippen LogP contribution in [0.5, 0.6) is 0 Å². The molecule has 2 fully saturated rings. The molecule has 0 bridgehead atoms. The average molecular weight is 259 g/mol. The molecule has 2 heterocycles. The van der Waals surface area contributed by atoms with Crippen LogP contribution in [-0.4, -0.2) is 23.1 Å². The standard InChI is InChI=1S/C15H17NOS/c1-11(2)13-14(17)16-9-6-10-18-15(13,16)12-7-4-3-5-8-12/h3-5,7-8,13H,1,6,9-10H2,2H3/t13-,15+/m1/s1. The lowest BCUT2D eigenvalue weighted by Gasteiger charge is -2.60. The summed E-state index contributed by atoms with van der Waals surface area (Å²) in [6.07, 6.45) is 1.09.